The van der Waals surface area contributed by atoms with Crippen molar-refractivity contribution in [3.63, 3.8) is 0 Å². The van der Waals surface area contributed by atoms with Gasteiger partial charge in [-0.3, -0.25) is 4.79 Å². The molecule has 5 nitrogen and oxygen atoms in total. The number of hydrogen-bond donors (Lipinski definition) is 1. The van der Waals surface area contributed by atoms with E-state index in [1.807, 2.05) is 41.1 Å². The fraction of sp³-hybridized carbons (Fsp3) is 0.0952. The Hall–Kier alpha value is -3.54. The minimum atomic E-state index is -0.297. The lowest BCUT2D eigenvalue weighted by atomic mass is 10.1. The summed E-state index contributed by atoms with van der Waals surface area (Å²) in [5, 5.41) is 11.2. The van der Waals surface area contributed by atoms with Gasteiger partial charge in [-0.25, -0.2) is 9.07 Å². The van der Waals surface area contributed by atoms with Crippen molar-refractivity contribution in [1.29, 1.82) is 0 Å². The molecular weight excluding hydrogens is 343 g/mol. The number of amides is 1. The van der Waals surface area contributed by atoms with Crippen molar-refractivity contribution >= 4 is 16.9 Å². The summed E-state index contributed by atoms with van der Waals surface area (Å²) in [6, 6.07) is 21.4. The molecule has 0 aliphatic carbocycles. The van der Waals surface area contributed by atoms with Crippen molar-refractivity contribution in [2.45, 2.75) is 13.1 Å². The van der Waals surface area contributed by atoms with Gasteiger partial charge in [-0.05, 0) is 41.5 Å². The van der Waals surface area contributed by atoms with Gasteiger partial charge >= 0.3 is 0 Å². The fourth-order valence-electron chi connectivity index (χ4n) is 2.87. The predicted octanol–water partition coefficient (Wildman–Crippen LogP) is 3.55. The minimum absolute atomic E-state index is 0.209. The molecule has 4 rings (SSSR count). The maximum Gasteiger partial charge on any atom is 0.251 e. The van der Waals surface area contributed by atoms with Gasteiger partial charge in [-0.1, -0.05) is 47.7 Å². The van der Waals surface area contributed by atoms with Crippen LogP contribution in [0.15, 0.2) is 72.8 Å². The molecule has 27 heavy (non-hydrogen) atoms. The first-order valence-corrected chi connectivity index (χ1v) is 8.59. The second-order valence-electron chi connectivity index (χ2n) is 6.25. The van der Waals surface area contributed by atoms with Gasteiger partial charge in [0, 0.05) is 12.1 Å². The summed E-state index contributed by atoms with van der Waals surface area (Å²) in [7, 11) is 0. The molecule has 1 amide bonds. The Bertz CT molecular complexity index is 1070. The Morgan fingerprint density at radius 3 is 2.52 bits per heavy atom. The van der Waals surface area contributed by atoms with Crippen LogP contribution in [0, 0.1) is 5.82 Å². The monoisotopic (exact) mass is 360 g/mol. The van der Waals surface area contributed by atoms with Crippen LogP contribution in [0.3, 0.4) is 0 Å². The Morgan fingerprint density at radius 1 is 0.963 bits per heavy atom. The maximum atomic E-state index is 12.9. The average Bonchev–Trinajstić information content (AvgIpc) is 3.10. The highest BCUT2D eigenvalue weighted by Crippen LogP contribution is 2.15. The van der Waals surface area contributed by atoms with Gasteiger partial charge in [0.15, 0.2) is 0 Å². The Balaban J connectivity index is 1.48. The molecule has 3 aromatic carbocycles. The largest absolute Gasteiger partial charge is 0.348 e. The van der Waals surface area contributed by atoms with Gasteiger partial charge < -0.3 is 5.32 Å². The molecule has 0 radical (unpaired) electrons. The summed E-state index contributed by atoms with van der Waals surface area (Å²) in [5.41, 5.74) is 4.01. The number of fused-ring (bicyclic) bond motifs is 1. The number of benzene rings is 3. The smallest absolute Gasteiger partial charge is 0.251 e. The van der Waals surface area contributed by atoms with Crippen molar-refractivity contribution in [2.24, 2.45) is 0 Å². The third kappa shape index (κ3) is 3.84. The maximum absolute atomic E-state index is 12.9. The van der Waals surface area contributed by atoms with E-state index in [-0.39, 0.29) is 11.7 Å². The first kappa shape index (κ1) is 16.9. The Labute approximate surface area is 155 Å². The van der Waals surface area contributed by atoms with Crippen LogP contribution in [0.4, 0.5) is 4.39 Å². The standard InChI is InChI=1S/C21H17FN4O/c22-18-9-6-15(7-10-18)13-23-21(27)17-8-11-20-19(12-17)24-25-26(20)14-16-4-2-1-3-5-16/h1-12H,13-14H2,(H,23,27). The molecule has 6 heteroatoms. The van der Waals surface area contributed by atoms with Gasteiger partial charge in [-0.15, -0.1) is 5.10 Å². The van der Waals surface area contributed by atoms with Crippen LogP contribution < -0.4 is 5.32 Å². The van der Waals surface area contributed by atoms with E-state index in [4.69, 9.17) is 0 Å². The van der Waals surface area contributed by atoms with E-state index in [2.05, 4.69) is 15.6 Å². The van der Waals surface area contributed by atoms with Gasteiger partial charge in [0.1, 0.15) is 11.3 Å². The molecule has 1 heterocycles. The molecule has 0 atom stereocenters. The zero-order chi connectivity index (χ0) is 18.6. The zero-order valence-electron chi connectivity index (χ0n) is 14.5. The number of nitrogens with one attached hydrogen (secondary N) is 1. The average molecular weight is 360 g/mol. The lowest BCUT2D eigenvalue weighted by molar-refractivity contribution is 0.0951. The molecule has 0 aliphatic rings. The number of halogens is 1. The highest BCUT2D eigenvalue weighted by molar-refractivity contribution is 5.97. The first-order chi connectivity index (χ1) is 13.2. The highest BCUT2D eigenvalue weighted by atomic mass is 19.1. The molecule has 1 N–H and O–H groups in total. The zero-order valence-corrected chi connectivity index (χ0v) is 14.5. The van der Waals surface area contributed by atoms with Crippen molar-refractivity contribution in [1.82, 2.24) is 20.3 Å². The summed E-state index contributed by atoms with van der Waals surface area (Å²) >= 11 is 0. The van der Waals surface area contributed by atoms with Crippen molar-refractivity contribution in [2.75, 3.05) is 0 Å². The summed E-state index contributed by atoms with van der Waals surface area (Å²) in [4.78, 5) is 12.4. The molecule has 0 spiro atoms. The lowest BCUT2D eigenvalue weighted by Gasteiger charge is -2.06. The van der Waals surface area contributed by atoms with Gasteiger partial charge in [0.25, 0.3) is 5.91 Å². The second kappa shape index (κ2) is 7.37. The van der Waals surface area contributed by atoms with E-state index in [1.54, 1.807) is 24.3 Å². The van der Waals surface area contributed by atoms with Crippen molar-refractivity contribution < 1.29 is 9.18 Å². The van der Waals surface area contributed by atoms with E-state index in [9.17, 15) is 9.18 Å². The van der Waals surface area contributed by atoms with Gasteiger partial charge in [-0.2, -0.15) is 0 Å². The normalized spacial score (nSPS) is 10.9. The van der Waals surface area contributed by atoms with Crippen LogP contribution in [-0.4, -0.2) is 20.9 Å². The number of aromatic nitrogens is 3. The quantitative estimate of drug-likeness (QED) is 0.592. The molecule has 1 aromatic heterocycles. The SMILES string of the molecule is O=C(NCc1ccc(F)cc1)c1ccc2c(c1)nnn2Cc1ccccc1. The third-order valence-corrected chi connectivity index (χ3v) is 4.32. The van der Waals surface area contributed by atoms with E-state index in [1.165, 1.54) is 12.1 Å². The Kier molecular flexibility index (Phi) is 4.61. The molecule has 0 aliphatic heterocycles. The summed E-state index contributed by atoms with van der Waals surface area (Å²) in [6.07, 6.45) is 0. The molecule has 134 valence electrons. The number of rotatable bonds is 5. The number of nitrogens with zero attached hydrogens (tertiary/aromatic N) is 3. The van der Waals surface area contributed by atoms with Crippen molar-refractivity contribution in [3.8, 4) is 0 Å². The van der Waals surface area contributed by atoms with Crippen LogP contribution in [0.5, 0.6) is 0 Å². The summed E-state index contributed by atoms with van der Waals surface area (Å²) < 4.78 is 14.7. The topological polar surface area (TPSA) is 59.8 Å². The predicted molar refractivity (Wildman–Crippen MR) is 101 cm³/mol. The lowest BCUT2D eigenvalue weighted by Crippen LogP contribution is -2.22. The van der Waals surface area contributed by atoms with Crippen LogP contribution in [0.25, 0.3) is 11.0 Å². The number of carbonyl (C=O) groups is 1. The van der Waals surface area contributed by atoms with Crippen LogP contribution >= 0.6 is 0 Å². The molecule has 0 saturated heterocycles. The van der Waals surface area contributed by atoms with Gasteiger partial charge in [0.2, 0.25) is 0 Å². The third-order valence-electron chi connectivity index (χ3n) is 4.32. The minimum Gasteiger partial charge on any atom is -0.348 e. The van der Waals surface area contributed by atoms with Crippen LogP contribution in [-0.2, 0) is 13.1 Å². The molecule has 0 fully saturated rings. The number of carbonyl (C=O) groups excluding carboxylic acids is 1. The van der Waals surface area contributed by atoms with E-state index >= 15 is 0 Å². The molecule has 0 saturated carbocycles. The van der Waals surface area contributed by atoms with Crippen LogP contribution in [0.1, 0.15) is 21.5 Å². The molecule has 4 aromatic rings. The van der Waals surface area contributed by atoms with Crippen LogP contribution in [0.2, 0.25) is 0 Å². The summed E-state index contributed by atoms with van der Waals surface area (Å²) in [5.74, 6) is -0.507. The highest BCUT2D eigenvalue weighted by Gasteiger charge is 2.10. The van der Waals surface area contributed by atoms with E-state index < -0.39 is 0 Å². The number of hydrogen-bond acceptors (Lipinski definition) is 3. The van der Waals surface area contributed by atoms with E-state index in [0.717, 1.165) is 16.6 Å². The van der Waals surface area contributed by atoms with Gasteiger partial charge in [0.05, 0.1) is 12.1 Å². The molecular formula is C21H17FN4O. The summed E-state index contributed by atoms with van der Waals surface area (Å²) in [6.45, 7) is 0.950. The molecule has 0 unspecified atom stereocenters. The second-order valence-corrected chi connectivity index (χ2v) is 6.25. The van der Waals surface area contributed by atoms with E-state index in [0.29, 0.717) is 24.2 Å². The van der Waals surface area contributed by atoms with Crippen molar-refractivity contribution in [3.05, 3.63) is 95.3 Å². The molecule has 0 bridgehead atoms. The first-order valence-electron chi connectivity index (χ1n) is 8.59. The fourth-order valence-corrected chi connectivity index (χ4v) is 2.87. The Morgan fingerprint density at radius 2 is 1.74 bits per heavy atom.